The van der Waals surface area contributed by atoms with Crippen LogP contribution in [-0.2, 0) is 55.0 Å². The maximum Gasteiger partial charge on any atom is 0.450 e. The Labute approximate surface area is 442 Å². The van der Waals surface area contributed by atoms with Gasteiger partial charge in [-0.2, -0.15) is 97.3 Å². The molecular weight excluding hydrogens is 1130 g/mol. The van der Waals surface area contributed by atoms with Gasteiger partial charge in [-0.05, 0) is 77.4 Å². The van der Waals surface area contributed by atoms with Crippen molar-refractivity contribution in [1.29, 1.82) is 0 Å². The molecule has 5 aromatic carbocycles. The number of esters is 2. The summed E-state index contributed by atoms with van der Waals surface area (Å²) in [5.41, 5.74) is -5.20. The summed E-state index contributed by atoms with van der Waals surface area (Å²) in [6.45, 7) is 2.04. The molecular formula is C47H32BCl5F12N4O6. The Balaban J connectivity index is 0.000000263. The molecule has 0 aliphatic heterocycles. The Morgan fingerprint density at radius 3 is 1.36 bits per heavy atom. The van der Waals surface area contributed by atoms with Crippen LogP contribution < -0.4 is 14.2 Å². The molecule has 10 nitrogen and oxygen atoms in total. The molecule has 75 heavy (non-hydrogen) atoms. The van der Waals surface area contributed by atoms with E-state index in [0.29, 0.717) is 12.1 Å². The van der Waals surface area contributed by atoms with Crippen LogP contribution in [0.1, 0.15) is 41.9 Å². The zero-order chi connectivity index (χ0) is 56.1. The molecule has 0 aliphatic carbocycles. The summed E-state index contributed by atoms with van der Waals surface area (Å²) < 4.78 is 179. The Hall–Kier alpha value is -6.27. The molecule has 0 fully saturated rings. The maximum absolute atomic E-state index is 13.7. The summed E-state index contributed by atoms with van der Waals surface area (Å²) in [7, 11) is 2.46. The van der Waals surface area contributed by atoms with Crippen LogP contribution in [-0.4, -0.2) is 41.6 Å². The number of aromatic nitrogens is 4. The summed E-state index contributed by atoms with van der Waals surface area (Å²) in [5, 5.41) is 16.1. The average molecular weight is 1160 g/mol. The molecule has 398 valence electrons. The van der Waals surface area contributed by atoms with Crippen LogP contribution >= 0.6 is 57.6 Å². The molecule has 0 saturated heterocycles. The van der Waals surface area contributed by atoms with Crippen LogP contribution in [0.3, 0.4) is 0 Å². The average Bonchev–Trinajstić information content (AvgIpc) is 3.88. The van der Waals surface area contributed by atoms with E-state index in [1.165, 1.54) is 32.3 Å². The van der Waals surface area contributed by atoms with Gasteiger partial charge in [-0.1, -0.05) is 65.7 Å². The van der Waals surface area contributed by atoms with Crippen LogP contribution in [0.25, 0.3) is 44.8 Å². The van der Waals surface area contributed by atoms with Crippen LogP contribution in [0.4, 0.5) is 52.7 Å². The second-order valence-corrected chi connectivity index (χ2v) is 18.1. The first-order chi connectivity index (χ1) is 34.7. The standard InChI is InChI=1S/C27H19ClF6N2O3.C20H13ClF6N2O3.BCl3/c1-15(37)39-25-18(21-13-23(27(32,33)34)35-36(21)2)9-11-22(38-14-16-6-4-3-5-7-16)24(25)17-8-10-20(28)19(12-17)26(29,30)31;1-9(30)32-18-11(14-8-16(20(25,26)27)28-29(14)2)4-6-15(31)17(18)10-3-5-13(21)12(7-10)19(22,23)24;2-1(3)4/h3-13H,14H2,1-2H3;3-8,31H,1-2H3;. The van der Waals surface area contributed by atoms with Crippen molar-refractivity contribution in [3.63, 3.8) is 0 Å². The number of alkyl halides is 12. The van der Waals surface area contributed by atoms with Crippen LogP contribution in [0.2, 0.25) is 10.0 Å². The van der Waals surface area contributed by atoms with Crippen LogP contribution in [0, 0.1) is 0 Å². The first kappa shape index (κ1) is 59.6. The van der Waals surface area contributed by atoms with Gasteiger partial charge in [0.15, 0.2) is 22.9 Å². The lowest BCUT2D eigenvalue weighted by molar-refractivity contribution is -0.142. The topological polar surface area (TPSA) is 118 Å². The Morgan fingerprint density at radius 1 is 0.573 bits per heavy atom. The molecule has 2 heterocycles. The maximum atomic E-state index is 13.7. The minimum atomic E-state index is -4.83. The van der Waals surface area contributed by atoms with Crippen molar-refractivity contribution in [2.45, 2.75) is 45.2 Å². The summed E-state index contributed by atoms with van der Waals surface area (Å²) in [6, 6.07) is 21.0. The molecule has 0 amide bonds. The zero-order valence-electron chi connectivity index (χ0n) is 38.3. The van der Waals surface area contributed by atoms with Gasteiger partial charge in [0, 0.05) is 39.1 Å². The van der Waals surface area contributed by atoms with E-state index in [9.17, 15) is 67.4 Å². The highest BCUT2D eigenvalue weighted by atomic mass is 35.6. The number of hydrogen-bond donors (Lipinski definition) is 1. The lowest BCUT2D eigenvalue weighted by Crippen LogP contribution is -2.09. The minimum absolute atomic E-state index is 0.00362. The van der Waals surface area contributed by atoms with Gasteiger partial charge >= 0.3 is 41.6 Å². The van der Waals surface area contributed by atoms with Gasteiger partial charge in [-0.15, -0.1) is 0 Å². The highest BCUT2D eigenvalue weighted by Gasteiger charge is 2.39. The fraction of sp³-hybridized carbons (Fsp3) is 0.191. The second-order valence-electron chi connectivity index (χ2n) is 15.3. The van der Waals surface area contributed by atoms with Crippen molar-refractivity contribution in [3.05, 3.63) is 141 Å². The number of nitrogens with zero attached hydrogens (tertiary/aromatic N) is 4. The Kier molecular flexibility index (Phi) is 18.9. The molecule has 0 unspecified atom stereocenters. The second kappa shape index (κ2) is 23.7. The zero-order valence-corrected chi connectivity index (χ0v) is 42.1. The van der Waals surface area contributed by atoms with Crippen LogP contribution in [0.15, 0.2) is 103 Å². The predicted molar refractivity (Wildman–Crippen MR) is 257 cm³/mol. The number of rotatable bonds is 9. The Bertz CT molecular complexity index is 3200. The van der Waals surface area contributed by atoms with Crippen molar-refractivity contribution in [2.24, 2.45) is 14.1 Å². The van der Waals surface area contributed by atoms with Crippen LogP contribution in [0.5, 0.6) is 23.0 Å². The van der Waals surface area contributed by atoms with Crippen molar-refractivity contribution >= 4 is 74.5 Å². The monoisotopic (exact) mass is 1160 g/mol. The van der Waals surface area contributed by atoms with E-state index in [1.807, 2.05) is 0 Å². The lowest BCUT2D eigenvalue weighted by Gasteiger charge is -2.20. The summed E-state index contributed by atoms with van der Waals surface area (Å²) >= 11 is 25.9. The number of ether oxygens (including phenoxy) is 3. The smallest absolute Gasteiger partial charge is 0.450 e. The molecule has 2 aromatic heterocycles. The Morgan fingerprint density at radius 2 is 0.973 bits per heavy atom. The fourth-order valence-electron chi connectivity index (χ4n) is 6.96. The summed E-state index contributed by atoms with van der Waals surface area (Å²) in [4.78, 5) is 23.1. The third kappa shape index (κ3) is 15.2. The highest BCUT2D eigenvalue weighted by molar-refractivity contribution is 7.54. The predicted octanol–water partition coefficient (Wildman–Crippen LogP) is 15.7. The number of halogens is 17. The first-order valence-electron chi connectivity index (χ1n) is 20.6. The molecule has 28 heteroatoms. The van der Waals surface area contributed by atoms with E-state index in [1.54, 1.807) is 30.3 Å². The van der Waals surface area contributed by atoms with E-state index in [4.69, 9.17) is 71.8 Å². The minimum Gasteiger partial charge on any atom is -0.507 e. The SMILES string of the molecule is CC(=O)Oc1c(-c2cc(C(F)(F)F)nn2C)ccc(O)c1-c1ccc(Cl)c(C(F)(F)F)c1.CC(=O)Oc1c(-c2cc(C(F)(F)F)nn2C)ccc(OCc2ccccc2)c1-c1ccc(Cl)c(C(F)(F)F)c1.ClB(Cl)Cl. The molecule has 7 rings (SSSR count). The third-order valence-electron chi connectivity index (χ3n) is 10.00. The van der Waals surface area contributed by atoms with Gasteiger partial charge in [0.25, 0.3) is 0 Å². The number of aryl methyl sites for hydroxylation is 2. The molecule has 0 bridgehead atoms. The molecule has 0 radical (unpaired) electrons. The number of carbonyl (C=O) groups is 2. The molecule has 0 aliphatic rings. The molecule has 0 spiro atoms. The molecule has 0 saturated carbocycles. The lowest BCUT2D eigenvalue weighted by atomic mass is 9.96. The number of benzene rings is 5. The van der Waals surface area contributed by atoms with Crippen molar-refractivity contribution in [2.75, 3.05) is 0 Å². The van der Waals surface area contributed by atoms with E-state index in [0.717, 1.165) is 71.2 Å². The molecule has 7 aromatic rings. The number of carbonyl (C=O) groups excluding carboxylic acids is 2. The number of phenolic OH excluding ortho intramolecular Hbond substituents is 1. The quantitative estimate of drug-likeness (QED) is 0.0657. The van der Waals surface area contributed by atoms with E-state index in [2.05, 4.69) is 10.2 Å². The van der Waals surface area contributed by atoms with Gasteiger partial charge in [0.2, 0.25) is 0 Å². The van der Waals surface area contributed by atoms with Gasteiger partial charge < -0.3 is 19.3 Å². The van der Waals surface area contributed by atoms with Gasteiger partial charge in [0.1, 0.15) is 18.1 Å². The van der Waals surface area contributed by atoms with E-state index < -0.39 is 85.7 Å². The van der Waals surface area contributed by atoms with E-state index >= 15 is 0 Å². The van der Waals surface area contributed by atoms with Gasteiger partial charge in [0.05, 0.1) is 43.7 Å². The third-order valence-corrected chi connectivity index (χ3v) is 10.7. The number of phenols is 1. The van der Waals surface area contributed by atoms with E-state index in [-0.39, 0.29) is 62.9 Å². The number of aromatic hydroxyl groups is 1. The summed E-state index contributed by atoms with van der Waals surface area (Å²) in [5.74, 6) is -3.07. The molecule has 0 atom stereocenters. The van der Waals surface area contributed by atoms with Crippen molar-refractivity contribution < 1.29 is 81.6 Å². The van der Waals surface area contributed by atoms with Gasteiger partial charge in [-0.3, -0.25) is 19.0 Å². The highest BCUT2D eigenvalue weighted by Crippen LogP contribution is 2.50. The van der Waals surface area contributed by atoms with Crippen molar-refractivity contribution in [3.8, 4) is 67.8 Å². The molecule has 1 N–H and O–H groups in total. The fourth-order valence-corrected chi connectivity index (χ4v) is 7.41. The number of hydrogen-bond acceptors (Lipinski definition) is 8. The first-order valence-corrected chi connectivity index (χ1v) is 22.7. The summed E-state index contributed by atoms with van der Waals surface area (Å²) in [6.07, 6.45) is -19.2. The largest absolute Gasteiger partial charge is 0.507 e. The normalized spacial score (nSPS) is 11.7. The van der Waals surface area contributed by atoms with Gasteiger partial charge in [-0.25, -0.2) is 0 Å². The van der Waals surface area contributed by atoms with Crippen molar-refractivity contribution in [1.82, 2.24) is 19.6 Å².